The van der Waals surface area contributed by atoms with E-state index >= 15 is 0 Å². The number of hydrogen-bond acceptors (Lipinski definition) is 4. The number of hydrogen-bond donors (Lipinski definition) is 1. The lowest BCUT2D eigenvalue weighted by molar-refractivity contribution is -0.143. The second kappa shape index (κ2) is 7.56. The second-order valence-electron chi connectivity index (χ2n) is 4.15. The molecule has 1 amide bonds. The molecule has 0 unspecified atom stereocenters. The van der Waals surface area contributed by atoms with Crippen molar-refractivity contribution < 1.29 is 14.3 Å². The van der Waals surface area contributed by atoms with Crippen molar-refractivity contribution >= 4 is 11.9 Å². The first-order valence-corrected chi connectivity index (χ1v) is 6.56. The van der Waals surface area contributed by atoms with Crippen LogP contribution in [0.15, 0.2) is 6.07 Å². The molecule has 1 aromatic rings. The summed E-state index contributed by atoms with van der Waals surface area (Å²) in [7, 11) is 0. The maximum absolute atomic E-state index is 11.9. The molecule has 0 radical (unpaired) electrons. The lowest BCUT2D eigenvalue weighted by atomic mass is 10.3. The minimum absolute atomic E-state index is 0.161. The molecule has 0 bridgehead atoms. The highest BCUT2D eigenvalue weighted by molar-refractivity contribution is 5.92. The Labute approximate surface area is 113 Å². The van der Waals surface area contributed by atoms with E-state index < -0.39 is 0 Å². The summed E-state index contributed by atoms with van der Waals surface area (Å²) in [4.78, 5) is 23.0. The first-order chi connectivity index (χ1) is 9.08. The van der Waals surface area contributed by atoms with Gasteiger partial charge in [0, 0.05) is 19.5 Å². The quantitative estimate of drug-likeness (QED) is 0.596. The molecule has 6 heteroatoms. The standard InChI is InChI=1S/C13H21N3O3/c1-4-16-11(9-10(3)15-16)13(18)14-8-6-7-12(17)19-5-2/h9H,4-8H2,1-3H3,(H,14,18). The molecule has 106 valence electrons. The van der Waals surface area contributed by atoms with Crippen LogP contribution in [0.5, 0.6) is 0 Å². The van der Waals surface area contributed by atoms with Crippen LogP contribution in [0.3, 0.4) is 0 Å². The lowest BCUT2D eigenvalue weighted by Crippen LogP contribution is -2.27. The van der Waals surface area contributed by atoms with Crippen molar-refractivity contribution in [3.63, 3.8) is 0 Å². The molecule has 0 aliphatic rings. The van der Waals surface area contributed by atoms with E-state index in [-0.39, 0.29) is 11.9 Å². The molecule has 0 fully saturated rings. The van der Waals surface area contributed by atoms with Gasteiger partial charge in [-0.05, 0) is 33.3 Å². The van der Waals surface area contributed by atoms with Crippen LogP contribution < -0.4 is 5.32 Å². The van der Waals surface area contributed by atoms with Crippen LogP contribution >= 0.6 is 0 Å². The molecule has 1 heterocycles. The zero-order chi connectivity index (χ0) is 14.3. The van der Waals surface area contributed by atoms with Crippen LogP contribution in [0.2, 0.25) is 0 Å². The highest BCUT2D eigenvalue weighted by atomic mass is 16.5. The topological polar surface area (TPSA) is 73.2 Å². The van der Waals surface area contributed by atoms with E-state index in [9.17, 15) is 9.59 Å². The Morgan fingerprint density at radius 1 is 1.42 bits per heavy atom. The van der Waals surface area contributed by atoms with Gasteiger partial charge in [-0.1, -0.05) is 0 Å². The summed E-state index contributed by atoms with van der Waals surface area (Å²) in [6.07, 6.45) is 0.893. The summed E-state index contributed by atoms with van der Waals surface area (Å²) in [5, 5.41) is 6.99. The van der Waals surface area contributed by atoms with Crippen molar-refractivity contribution in [3.8, 4) is 0 Å². The molecule has 1 rings (SSSR count). The molecule has 0 saturated carbocycles. The predicted molar refractivity (Wildman–Crippen MR) is 70.8 cm³/mol. The molecule has 1 aromatic heterocycles. The molecule has 6 nitrogen and oxygen atoms in total. The number of ether oxygens (including phenoxy) is 1. The van der Waals surface area contributed by atoms with Crippen LogP contribution in [-0.4, -0.2) is 34.8 Å². The number of amides is 1. The molecular weight excluding hydrogens is 246 g/mol. The Bertz CT molecular complexity index is 440. The van der Waals surface area contributed by atoms with Crippen LogP contribution in [0.25, 0.3) is 0 Å². The number of nitrogens with zero attached hydrogens (tertiary/aromatic N) is 2. The monoisotopic (exact) mass is 267 g/mol. The van der Waals surface area contributed by atoms with Gasteiger partial charge >= 0.3 is 5.97 Å². The van der Waals surface area contributed by atoms with E-state index in [1.165, 1.54) is 0 Å². The third-order valence-corrected chi connectivity index (χ3v) is 2.58. The van der Waals surface area contributed by atoms with E-state index in [0.29, 0.717) is 38.2 Å². The fraction of sp³-hybridized carbons (Fsp3) is 0.615. The van der Waals surface area contributed by atoms with Crippen LogP contribution in [0.4, 0.5) is 0 Å². The van der Waals surface area contributed by atoms with Crippen molar-refractivity contribution in [1.29, 1.82) is 0 Å². The van der Waals surface area contributed by atoms with Crippen LogP contribution in [0, 0.1) is 6.92 Å². The van der Waals surface area contributed by atoms with Crippen molar-refractivity contribution in [1.82, 2.24) is 15.1 Å². The van der Waals surface area contributed by atoms with Gasteiger partial charge in [-0.3, -0.25) is 14.3 Å². The Morgan fingerprint density at radius 2 is 2.16 bits per heavy atom. The predicted octanol–water partition coefficient (Wildman–Crippen LogP) is 1.28. The minimum atomic E-state index is -0.230. The van der Waals surface area contributed by atoms with Gasteiger partial charge in [0.1, 0.15) is 5.69 Å². The number of aryl methyl sites for hydroxylation is 2. The summed E-state index contributed by atoms with van der Waals surface area (Å²) >= 11 is 0. The van der Waals surface area contributed by atoms with Gasteiger partial charge in [-0.15, -0.1) is 0 Å². The first-order valence-electron chi connectivity index (χ1n) is 6.56. The molecule has 19 heavy (non-hydrogen) atoms. The molecule has 0 spiro atoms. The maximum Gasteiger partial charge on any atom is 0.305 e. The fourth-order valence-corrected chi connectivity index (χ4v) is 1.73. The molecular formula is C13H21N3O3. The third-order valence-electron chi connectivity index (χ3n) is 2.58. The Kier molecular flexibility index (Phi) is 6.05. The number of nitrogens with one attached hydrogen (secondary N) is 1. The van der Waals surface area contributed by atoms with E-state index in [1.807, 2.05) is 13.8 Å². The van der Waals surface area contributed by atoms with E-state index in [0.717, 1.165) is 5.69 Å². The molecule has 0 saturated heterocycles. The van der Waals surface area contributed by atoms with E-state index in [4.69, 9.17) is 4.74 Å². The fourth-order valence-electron chi connectivity index (χ4n) is 1.73. The van der Waals surface area contributed by atoms with Crippen LogP contribution in [-0.2, 0) is 16.1 Å². The van der Waals surface area contributed by atoms with Crippen molar-refractivity contribution in [2.45, 2.75) is 40.2 Å². The Morgan fingerprint density at radius 3 is 2.79 bits per heavy atom. The highest BCUT2D eigenvalue weighted by Gasteiger charge is 2.12. The van der Waals surface area contributed by atoms with Gasteiger partial charge < -0.3 is 10.1 Å². The van der Waals surface area contributed by atoms with E-state index in [2.05, 4.69) is 10.4 Å². The SMILES string of the molecule is CCOC(=O)CCCNC(=O)c1cc(C)nn1CC. The molecule has 1 N–H and O–H groups in total. The summed E-state index contributed by atoms with van der Waals surface area (Å²) < 4.78 is 6.47. The number of rotatable bonds is 7. The zero-order valence-electron chi connectivity index (χ0n) is 11.7. The summed E-state index contributed by atoms with van der Waals surface area (Å²) in [6.45, 7) is 7.05. The van der Waals surface area contributed by atoms with Gasteiger partial charge in [0.05, 0.1) is 12.3 Å². The highest BCUT2D eigenvalue weighted by Crippen LogP contribution is 2.03. The molecule has 0 aliphatic heterocycles. The minimum Gasteiger partial charge on any atom is -0.466 e. The summed E-state index contributed by atoms with van der Waals surface area (Å²) in [5.74, 6) is -0.391. The second-order valence-corrected chi connectivity index (χ2v) is 4.15. The lowest BCUT2D eigenvalue weighted by Gasteiger charge is -2.06. The smallest absolute Gasteiger partial charge is 0.305 e. The van der Waals surface area contributed by atoms with Crippen LogP contribution in [0.1, 0.15) is 42.9 Å². The first kappa shape index (κ1) is 15.2. The van der Waals surface area contributed by atoms with Gasteiger partial charge in [-0.25, -0.2) is 0 Å². The molecule has 0 atom stereocenters. The Balaban J connectivity index is 2.37. The van der Waals surface area contributed by atoms with Crippen molar-refractivity contribution in [2.24, 2.45) is 0 Å². The number of esters is 1. The zero-order valence-corrected chi connectivity index (χ0v) is 11.7. The maximum atomic E-state index is 11.9. The molecule has 0 aliphatic carbocycles. The molecule has 0 aromatic carbocycles. The summed E-state index contributed by atoms with van der Waals surface area (Å²) in [5.41, 5.74) is 1.37. The number of aromatic nitrogens is 2. The van der Waals surface area contributed by atoms with Gasteiger partial charge in [0.2, 0.25) is 0 Å². The summed E-state index contributed by atoms with van der Waals surface area (Å²) in [6, 6.07) is 1.75. The average Bonchev–Trinajstić information content (AvgIpc) is 2.76. The van der Waals surface area contributed by atoms with Gasteiger partial charge in [0.25, 0.3) is 5.91 Å². The largest absolute Gasteiger partial charge is 0.466 e. The van der Waals surface area contributed by atoms with Gasteiger partial charge in [-0.2, -0.15) is 5.10 Å². The van der Waals surface area contributed by atoms with Crippen molar-refractivity contribution in [2.75, 3.05) is 13.2 Å². The third kappa shape index (κ3) is 4.73. The number of carbonyl (C=O) groups excluding carboxylic acids is 2. The average molecular weight is 267 g/mol. The number of carbonyl (C=O) groups is 2. The van der Waals surface area contributed by atoms with Crippen molar-refractivity contribution in [3.05, 3.63) is 17.5 Å². The Hall–Kier alpha value is -1.85. The normalized spacial score (nSPS) is 10.3. The van der Waals surface area contributed by atoms with E-state index in [1.54, 1.807) is 17.7 Å². The van der Waals surface area contributed by atoms with Gasteiger partial charge in [0.15, 0.2) is 0 Å².